The zero-order valence-corrected chi connectivity index (χ0v) is 23.0. The van der Waals surface area contributed by atoms with Crippen LogP contribution in [-0.2, 0) is 6.54 Å². The Morgan fingerprint density at radius 1 is 1.16 bits per heavy atom. The van der Waals surface area contributed by atoms with Gasteiger partial charge in [-0.15, -0.1) is 13.2 Å². The van der Waals surface area contributed by atoms with Crippen molar-refractivity contribution < 1.29 is 35.7 Å². The molecule has 2 aliphatic heterocycles. The standard InChI is InChI=1S/C25H27Cl2F4N3O3S/c1-34(7-2-8-34)38-32-24(35)20-12-21(27)23(13-22(20)28)36-15-16-3-5-33(6-4-16)14-17-9-18(26)11-19(10-17)37-25(29,30)31/h9-13,16H,2-8,14-15H2,1H3/p+1. The van der Waals surface area contributed by atoms with Gasteiger partial charge in [0.2, 0.25) is 12.1 Å². The van der Waals surface area contributed by atoms with E-state index in [-0.39, 0.29) is 33.0 Å². The summed E-state index contributed by atoms with van der Waals surface area (Å²) in [5.41, 5.74) is 0.483. The minimum atomic E-state index is -4.79. The molecule has 0 aliphatic carbocycles. The summed E-state index contributed by atoms with van der Waals surface area (Å²) in [5, 5.41) is 0.323. The van der Waals surface area contributed by atoms with E-state index in [1.54, 1.807) is 6.07 Å². The van der Waals surface area contributed by atoms with Gasteiger partial charge in [-0.05, 0) is 61.7 Å². The summed E-state index contributed by atoms with van der Waals surface area (Å²) >= 11 is 13.5. The van der Waals surface area contributed by atoms with Crippen molar-refractivity contribution in [2.24, 2.45) is 5.92 Å². The van der Waals surface area contributed by atoms with Crippen molar-refractivity contribution in [1.82, 2.24) is 9.62 Å². The Kier molecular flexibility index (Phi) is 9.24. The Hall–Kier alpha value is -1.92. The smallest absolute Gasteiger partial charge is 0.492 e. The topological polar surface area (TPSA) is 50.8 Å². The predicted octanol–water partition coefficient (Wildman–Crippen LogP) is 6.47. The Labute approximate surface area is 233 Å². The highest BCUT2D eigenvalue weighted by molar-refractivity contribution is 7.92. The molecule has 13 heteroatoms. The number of benzene rings is 2. The maximum atomic E-state index is 14.7. The zero-order chi connectivity index (χ0) is 27.5. The van der Waals surface area contributed by atoms with Gasteiger partial charge < -0.3 is 9.47 Å². The van der Waals surface area contributed by atoms with Gasteiger partial charge in [0.1, 0.15) is 17.3 Å². The number of hydrogen-bond acceptors (Lipinski definition) is 5. The normalized spacial score (nSPS) is 18.1. The molecule has 0 unspecified atom stereocenters. The maximum Gasteiger partial charge on any atom is 0.573 e. The van der Waals surface area contributed by atoms with Crippen molar-refractivity contribution in [1.29, 1.82) is 0 Å². The third-order valence-electron chi connectivity index (χ3n) is 6.64. The van der Waals surface area contributed by atoms with E-state index in [1.807, 2.05) is 7.05 Å². The van der Waals surface area contributed by atoms with E-state index in [1.165, 1.54) is 24.3 Å². The van der Waals surface area contributed by atoms with Gasteiger partial charge in [0.25, 0.3) is 5.91 Å². The van der Waals surface area contributed by atoms with Gasteiger partial charge in [-0.2, -0.15) is 0 Å². The van der Waals surface area contributed by atoms with Crippen LogP contribution in [-0.4, -0.2) is 60.9 Å². The number of hydrogen-bond donors (Lipinski definition) is 1. The molecular formula is C25H28Cl2F4N3O3S+. The van der Waals surface area contributed by atoms with Crippen molar-refractivity contribution in [3.05, 3.63) is 57.3 Å². The molecule has 1 N–H and O–H groups in total. The van der Waals surface area contributed by atoms with Crippen molar-refractivity contribution in [2.45, 2.75) is 32.2 Å². The number of rotatable bonds is 9. The molecule has 4 rings (SSSR count). The van der Waals surface area contributed by atoms with Gasteiger partial charge >= 0.3 is 6.36 Å². The second-order valence-corrected chi connectivity index (χ2v) is 11.9. The first kappa shape index (κ1) is 29.1. The third kappa shape index (κ3) is 8.05. The van der Waals surface area contributed by atoms with Crippen LogP contribution in [0.15, 0.2) is 30.3 Å². The number of likely N-dealkylation sites (tertiary alicyclic amines) is 2. The van der Waals surface area contributed by atoms with E-state index >= 15 is 0 Å². The summed E-state index contributed by atoms with van der Waals surface area (Å²) < 4.78 is 65.4. The largest absolute Gasteiger partial charge is 0.573 e. The molecular weight excluding hydrogens is 569 g/mol. The average molecular weight is 597 g/mol. The summed E-state index contributed by atoms with van der Waals surface area (Å²) in [6.07, 6.45) is -2.14. The second-order valence-electron chi connectivity index (χ2n) is 9.76. The average Bonchev–Trinajstić information content (AvgIpc) is 2.81. The molecule has 2 aliphatic rings. The number of nitrogens with zero attached hydrogens (tertiary/aromatic N) is 2. The highest BCUT2D eigenvalue weighted by atomic mass is 35.5. The first-order chi connectivity index (χ1) is 17.9. The number of ether oxygens (including phenoxy) is 2. The fourth-order valence-corrected chi connectivity index (χ4v) is 5.72. The molecule has 0 bridgehead atoms. The van der Waals surface area contributed by atoms with Crippen LogP contribution in [0.2, 0.25) is 10.0 Å². The van der Waals surface area contributed by atoms with Gasteiger partial charge in [-0.25, -0.2) is 13.0 Å². The molecule has 2 aromatic carbocycles. The number of carbonyl (C=O) groups is 1. The Morgan fingerprint density at radius 3 is 2.50 bits per heavy atom. The van der Waals surface area contributed by atoms with Crippen molar-refractivity contribution in [3.8, 4) is 11.5 Å². The molecule has 208 valence electrons. The lowest BCUT2D eigenvalue weighted by atomic mass is 9.97. The summed E-state index contributed by atoms with van der Waals surface area (Å²) in [7, 11) is 2.00. The predicted molar refractivity (Wildman–Crippen MR) is 139 cm³/mol. The summed E-state index contributed by atoms with van der Waals surface area (Å²) in [6, 6.07) is 6.49. The number of carbonyl (C=O) groups excluding carboxylic acids is 1. The highest BCUT2D eigenvalue weighted by Gasteiger charge is 2.34. The van der Waals surface area contributed by atoms with E-state index in [9.17, 15) is 22.4 Å². The van der Waals surface area contributed by atoms with E-state index < -0.39 is 18.1 Å². The molecule has 6 nitrogen and oxygen atoms in total. The molecule has 2 fully saturated rings. The van der Waals surface area contributed by atoms with Crippen molar-refractivity contribution in [2.75, 3.05) is 39.8 Å². The van der Waals surface area contributed by atoms with Gasteiger partial charge in [-0.3, -0.25) is 9.69 Å². The lowest BCUT2D eigenvalue weighted by molar-refractivity contribution is -0.817. The summed E-state index contributed by atoms with van der Waals surface area (Å²) in [5.74, 6) is -1.24. The molecule has 38 heavy (non-hydrogen) atoms. The molecule has 2 saturated heterocycles. The van der Waals surface area contributed by atoms with Crippen LogP contribution < -0.4 is 14.2 Å². The summed E-state index contributed by atoms with van der Waals surface area (Å²) in [4.78, 5) is 14.5. The van der Waals surface area contributed by atoms with Crippen LogP contribution >= 0.6 is 35.3 Å². The number of halogens is 6. The minimum absolute atomic E-state index is 0.139. The molecule has 0 spiro atoms. The first-order valence-corrected chi connectivity index (χ1v) is 13.6. The molecule has 1 amide bonds. The third-order valence-corrected chi connectivity index (χ3v) is 8.24. The molecule has 2 heterocycles. The van der Waals surface area contributed by atoms with Crippen LogP contribution in [0.25, 0.3) is 0 Å². The van der Waals surface area contributed by atoms with Crippen LogP contribution in [0.3, 0.4) is 0 Å². The molecule has 2 aromatic rings. The van der Waals surface area contributed by atoms with E-state index in [4.69, 9.17) is 27.9 Å². The number of amides is 1. The lowest BCUT2D eigenvalue weighted by Crippen LogP contribution is -2.50. The van der Waals surface area contributed by atoms with Gasteiger partial charge in [-0.1, -0.05) is 23.2 Å². The molecule has 0 atom stereocenters. The van der Waals surface area contributed by atoms with Crippen molar-refractivity contribution >= 4 is 41.2 Å². The van der Waals surface area contributed by atoms with E-state index in [0.717, 1.165) is 44.5 Å². The molecule has 0 aromatic heterocycles. The Bertz CT molecular complexity index is 1160. The Morgan fingerprint density at radius 2 is 1.87 bits per heavy atom. The van der Waals surface area contributed by atoms with Gasteiger partial charge in [0.05, 0.1) is 37.3 Å². The molecule has 0 radical (unpaired) electrons. The van der Waals surface area contributed by atoms with E-state index in [2.05, 4.69) is 14.4 Å². The van der Waals surface area contributed by atoms with Crippen LogP contribution in [0.1, 0.15) is 35.2 Å². The van der Waals surface area contributed by atoms with Gasteiger partial charge in [0, 0.05) is 24.1 Å². The number of quaternary nitrogens is 1. The minimum Gasteiger partial charge on any atom is -0.492 e. The number of piperidine rings is 1. The highest BCUT2D eigenvalue weighted by Crippen LogP contribution is 2.32. The number of alkyl halides is 3. The lowest BCUT2D eigenvalue weighted by Gasteiger charge is -2.38. The monoisotopic (exact) mass is 596 g/mol. The van der Waals surface area contributed by atoms with Crippen LogP contribution in [0.4, 0.5) is 17.6 Å². The molecule has 0 saturated carbocycles. The Balaban J connectivity index is 1.25. The van der Waals surface area contributed by atoms with Crippen LogP contribution in [0.5, 0.6) is 11.5 Å². The van der Waals surface area contributed by atoms with Crippen LogP contribution in [0, 0.1) is 11.7 Å². The fraction of sp³-hybridized carbons (Fsp3) is 0.480. The van der Waals surface area contributed by atoms with Gasteiger partial charge in [0.15, 0.2) is 0 Å². The quantitative estimate of drug-likeness (QED) is 0.204. The van der Waals surface area contributed by atoms with Crippen molar-refractivity contribution in [3.63, 3.8) is 0 Å². The van der Waals surface area contributed by atoms with E-state index in [0.29, 0.717) is 35.7 Å². The fourth-order valence-electron chi connectivity index (χ4n) is 4.40. The zero-order valence-electron chi connectivity index (χ0n) is 20.6. The maximum absolute atomic E-state index is 14.7. The SMILES string of the molecule is C[N+]1(SNC(=O)c2cc(Cl)c(OCC3CCN(Cc4cc(Cl)cc(OC(F)(F)F)c4)CC3)cc2F)CCC1. The first-order valence-electron chi connectivity index (χ1n) is 12.1. The number of nitrogens with one attached hydrogen (secondary N) is 1. The summed E-state index contributed by atoms with van der Waals surface area (Å²) in [6.45, 7) is 4.04. The second kappa shape index (κ2) is 12.1.